The molecule has 22 heavy (non-hydrogen) atoms. The standard InChI is InChI=1S/C15H17ClN4O.ClH/c1-11-8-17-6-7-19(11)15(21)12-9-18-20(10-12)14-4-2-13(16)3-5-14;/h2-5,9-11,17H,6-8H2,1H3;1H. The summed E-state index contributed by atoms with van der Waals surface area (Å²) in [6.07, 6.45) is 3.38. The zero-order chi connectivity index (χ0) is 14.8. The number of aromatic nitrogens is 2. The molecule has 1 atom stereocenters. The molecule has 0 spiro atoms. The summed E-state index contributed by atoms with van der Waals surface area (Å²) in [7, 11) is 0. The molecule has 0 radical (unpaired) electrons. The van der Waals surface area contributed by atoms with Crippen LogP contribution in [0.5, 0.6) is 0 Å². The monoisotopic (exact) mass is 340 g/mol. The van der Waals surface area contributed by atoms with E-state index in [1.165, 1.54) is 0 Å². The van der Waals surface area contributed by atoms with Gasteiger partial charge in [0.15, 0.2) is 0 Å². The highest BCUT2D eigenvalue weighted by molar-refractivity contribution is 6.30. The Hall–Kier alpha value is -1.56. The molecule has 1 N–H and O–H groups in total. The number of halogens is 2. The number of rotatable bonds is 2. The SMILES string of the molecule is CC1CNCCN1C(=O)c1cnn(-c2ccc(Cl)cc2)c1.Cl. The highest BCUT2D eigenvalue weighted by Gasteiger charge is 2.24. The summed E-state index contributed by atoms with van der Waals surface area (Å²) in [5, 5.41) is 8.23. The van der Waals surface area contributed by atoms with Gasteiger partial charge in [-0.3, -0.25) is 4.79 Å². The molecule has 1 aromatic carbocycles. The van der Waals surface area contributed by atoms with Crippen LogP contribution < -0.4 is 5.32 Å². The fourth-order valence-electron chi connectivity index (χ4n) is 2.48. The van der Waals surface area contributed by atoms with Crippen LogP contribution in [0.1, 0.15) is 17.3 Å². The summed E-state index contributed by atoms with van der Waals surface area (Å²) in [5.41, 5.74) is 1.49. The first-order valence-corrected chi connectivity index (χ1v) is 7.35. The quantitative estimate of drug-likeness (QED) is 0.913. The van der Waals surface area contributed by atoms with Gasteiger partial charge in [-0.2, -0.15) is 5.10 Å². The number of piperazine rings is 1. The van der Waals surface area contributed by atoms with E-state index in [2.05, 4.69) is 10.4 Å². The lowest BCUT2D eigenvalue weighted by Gasteiger charge is -2.33. The third kappa shape index (κ3) is 3.43. The van der Waals surface area contributed by atoms with Crippen molar-refractivity contribution in [3.63, 3.8) is 0 Å². The van der Waals surface area contributed by atoms with Crippen LogP contribution in [0.4, 0.5) is 0 Å². The van der Waals surface area contributed by atoms with Crippen LogP contribution in [0.15, 0.2) is 36.7 Å². The maximum atomic E-state index is 12.5. The summed E-state index contributed by atoms with van der Waals surface area (Å²) in [5.74, 6) is 0.0317. The van der Waals surface area contributed by atoms with E-state index in [1.807, 2.05) is 24.0 Å². The maximum Gasteiger partial charge on any atom is 0.257 e. The Balaban J connectivity index is 0.00000176. The number of hydrogen-bond acceptors (Lipinski definition) is 3. The molecular formula is C15H18Cl2N4O. The molecule has 1 aromatic heterocycles. The van der Waals surface area contributed by atoms with Gasteiger partial charge in [-0.15, -0.1) is 12.4 Å². The third-order valence-electron chi connectivity index (χ3n) is 3.68. The Morgan fingerprint density at radius 2 is 2.09 bits per heavy atom. The molecule has 1 amide bonds. The second-order valence-electron chi connectivity index (χ2n) is 5.20. The van der Waals surface area contributed by atoms with Gasteiger partial charge < -0.3 is 10.2 Å². The van der Waals surface area contributed by atoms with Crippen LogP contribution in [0.3, 0.4) is 0 Å². The van der Waals surface area contributed by atoms with E-state index in [4.69, 9.17) is 11.6 Å². The Bertz CT molecular complexity index is 641. The van der Waals surface area contributed by atoms with E-state index in [0.717, 1.165) is 25.3 Å². The van der Waals surface area contributed by atoms with Crippen molar-refractivity contribution < 1.29 is 4.79 Å². The second-order valence-corrected chi connectivity index (χ2v) is 5.64. The van der Waals surface area contributed by atoms with Crippen molar-refractivity contribution in [2.24, 2.45) is 0 Å². The molecule has 7 heteroatoms. The Morgan fingerprint density at radius 3 is 2.77 bits per heavy atom. The van der Waals surface area contributed by atoms with Crippen LogP contribution in [0.2, 0.25) is 5.02 Å². The molecule has 1 unspecified atom stereocenters. The Labute approximate surface area is 140 Å². The van der Waals surface area contributed by atoms with Gasteiger partial charge in [-0.1, -0.05) is 11.6 Å². The van der Waals surface area contributed by atoms with Crippen LogP contribution in [-0.4, -0.2) is 46.3 Å². The Kier molecular flexibility index (Phi) is 5.45. The van der Waals surface area contributed by atoms with E-state index in [0.29, 0.717) is 10.6 Å². The number of benzene rings is 1. The molecule has 2 aromatic rings. The van der Waals surface area contributed by atoms with Gasteiger partial charge in [-0.25, -0.2) is 4.68 Å². The van der Waals surface area contributed by atoms with Gasteiger partial charge in [0, 0.05) is 36.9 Å². The average Bonchev–Trinajstić information content (AvgIpc) is 2.98. The minimum atomic E-state index is 0. The van der Waals surface area contributed by atoms with Gasteiger partial charge in [-0.05, 0) is 31.2 Å². The van der Waals surface area contributed by atoms with Crippen molar-refractivity contribution >= 4 is 29.9 Å². The zero-order valence-corrected chi connectivity index (χ0v) is 13.8. The number of carbonyl (C=O) groups excluding carboxylic acids is 1. The molecule has 2 heterocycles. The van der Waals surface area contributed by atoms with E-state index in [-0.39, 0.29) is 24.4 Å². The summed E-state index contributed by atoms with van der Waals surface area (Å²) in [6, 6.07) is 7.55. The average molecular weight is 341 g/mol. The second kappa shape index (κ2) is 7.13. The Morgan fingerprint density at radius 1 is 1.36 bits per heavy atom. The molecule has 0 saturated carbocycles. The smallest absolute Gasteiger partial charge is 0.257 e. The van der Waals surface area contributed by atoms with E-state index >= 15 is 0 Å². The van der Waals surface area contributed by atoms with E-state index < -0.39 is 0 Å². The van der Waals surface area contributed by atoms with Crippen molar-refractivity contribution in [3.8, 4) is 5.69 Å². The van der Waals surface area contributed by atoms with Crippen LogP contribution in [-0.2, 0) is 0 Å². The third-order valence-corrected chi connectivity index (χ3v) is 3.93. The van der Waals surface area contributed by atoms with E-state index in [9.17, 15) is 4.79 Å². The van der Waals surface area contributed by atoms with Crippen LogP contribution in [0, 0.1) is 0 Å². The number of amides is 1. The minimum absolute atomic E-state index is 0. The largest absolute Gasteiger partial charge is 0.333 e. The first kappa shape index (κ1) is 16.8. The number of carbonyl (C=O) groups is 1. The molecule has 3 rings (SSSR count). The van der Waals surface area contributed by atoms with Gasteiger partial charge >= 0.3 is 0 Å². The fraction of sp³-hybridized carbons (Fsp3) is 0.333. The van der Waals surface area contributed by atoms with Crippen LogP contribution >= 0.6 is 24.0 Å². The van der Waals surface area contributed by atoms with Gasteiger partial charge in [0.1, 0.15) is 0 Å². The highest BCUT2D eigenvalue weighted by Crippen LogP contribution is 2.15. The fourth-order valence-corrected chi connectivity index (χ4v) is 2.60. The predicted molar refractivity (Wildman–Crippen MR) is 89.2 cm³/mol. The summed E-state index contributed by atoms with van der Waals surface area (Å²) < 4.78 is 1.69. The molecular weight excluding hydrogens is 323 g/mol. The molecule has 5 nitrogen and oxygen atoms in total. The van der Waals surface area contributed by atoms with Crippen molar-refractivity contribution in [1.82, 2.24) is 20.0 Å². The first-order valence-electron chi connectivity index (χ1n) is 6.97. The van der Waals surface area contributed by atoms with Gasteiger partial charge in [0.05, 0.1) is 17.4 Å². The number of nitrogens with zero attached hydrogens (tertiary/aromatic N) is 3. The van der Waals surface area contributed by atoms with Crippen LogP contribution in [0.25, 0.3) is 5.69 Å². The van der Waals surface area contributed by atoms with Gasteiger partial charge in [0.25, 0.3) is 5.91 Å². The summed E-state index contributed by atoms with van der Waals surface area (Å²) in [6.45, 7) is 4.44. The minimum Gasteiger partial charge on any atom is -0.333 e. The van der Waals surface area contributed by atoms with Crippen molar-refractivity contribution in [1.29, 1.82) is 0 Å². The molecule has 1 fully saturated rings. The van der Waals surface area contributed by atoms with Crippen molar-refractivity contribution in [2.75, 3.05) is 19.6 Å². The lowest BCUT2D eigenvalue weighted by Crippen LogP contribution is -2.52. The molecule has 1 aliphatic rings. The lowest BCUT2D eigenvalue weighted by molar-refractivity contribution is 0.0656. The van der Waals surface area contributed by atoms with Crippen molar-refractivity contribution in [2.45, 2.75) is 13.0 Å². The number of hydrogen-bond donors (Lipinski definition) is 1. The molecule has 0 aliphatic carbocycles. The summed E-state index contributed by atoms with van der Waals surface area (Å²) >= 11 is 5.88. The normalized spacial score (nSPS) is 17.9. The molecule has 1 saturated heterocycles. The maximum absolute atomic E-state index is 12.5. The van der Waals surface area contributed by atoms with Gasteiger partial charge in [0.2, 0.25) is 0 Å². The molecule has 118 valence electrons. The number of nitrogens with one attached hydrogen (secondary N) is 1. The lowest BCUT2D eigenvalue weighted by atomic mass is 10.2. The zero-order valence-electron chi connectivity index (χ0n) is 12.2. The first-order chi connectivity index (χ1) is 10.1. The molecule has 1 aliphatic heterocycles. The molecule has 0 bridgehead atoms. The van der Waals surface area contributed by atoms with Crippen molar-refractivity contribution in [3.05, 3.63) is 47.2 Å². The van der Waals surface area contributed by atoms with E-state index in [1.54, 1.807) is 29.2 Å². The highest BCUT2D eigenvalue weighted by atomic mass is 35.5. The predicted octanol–water partition coefficient (Wildman–Crippen LogP) is 2.38. The summed E-state index contributed by atoms with van der Waals surface area (Å²) in [4.78, 5) is 14.4. The topological polar surface area (TPSA) is 50.2 Å².